The van der Waals surface area contributed by atoms with Crippen LogP contribution in [-0.2, 0) is 9.59 Å². The van der Waals surface area contributed by atoms with Crippen molar-refractivity contribution in [3.05, 3.63) is 59.9 Å². The molecule has 5 rings (SSSR count). The molecule has 4 atom stereocenters. The number of alkyl halides is 1. The largest absolute Gasteiger partial charge is 0.486 e. The molecule has 2 saturated heterocycles. The Balaban J connectivity index is 1.26. The lowest BCUT2D eigenvalue weighted by Crippen LogP contribution is -2.51. The first-order valence-electron chi connectivity index (χ1n) is 14.0. The van der Waals surface area contributed by atoms with Crippen molar-refractivity contribution in [1.29, 1.82) is 5.26 Å². The van der Waals surface area contributed by atoms with Crippen molar-refractivity contribution >= 4 is 23.5 Å². The van der Waals surface area contributed by atoms with Crippen LogP contribution in [-0.4, -0.2) is 105 Å². The van der Waals surface area contributed by atoms with E-state index in [1.54, 1.807) is 23.1 Å². The van der Waals surface area contributed by atoms with E-state index in [1.165, 1.54) is 18.2 Å². The fourth-order valence-electron chi connectivity index (χ4n) is 5.22. The van der Waals surface area contributed by atoms with Crippen molar-refractivity contribution in [2.75, 3.05) is 45.6 Å². The van der Waals surface area contributed by atoms with Gasteiger partial charge in [-0.15, -0.1) is 0 Å². The molecule has 2 aromatic carbocycles. The van der Waals surface area contributed by atoms with E-state index in [1.807, 2.05) is 43.3 Å². The summed E-state index contributed by atoms with van der Waals surface area (Å²) in [4.78, 5) is 42.7. The van der Waals surface area contributed by atoms with Crippen LogP contribution in [0.2, 0.25) is 0 Å². The summed E-state index contributed by atoms with van der Waals surface area (Å²) in [7, 11) is 3.75. The van der Waals surface area contributed by atoms with Crippen molar-refractivity contribution in [3.8, 4) is 23.2 Å². The highest BCUT2D eigenvalue weighted by Crippen LogP contribution is 2.29. The van der Waals surface area contributed by atoms with Gasteiger partial charge in [-0.1, -0.05) is 12.1 Å². The van der Waals surface area contributed by atoms with Gasteiger partial charge in [0.1, 0.15) is 36.4 Å². The minimum atomic E-state index is -1.47. The molecule has 0 saturated carbocycles. The Hall–Kier alpha value is -4.67. The van der Waals surface area contributed by atoms with Gasteiger partial charge in [0.25, 0.3) is 5.91 Å². The third kappa shape index (κ3) is 6.55. The Kier molecular flexibility index (Phi) is 8.79. The van der Waals surface area contributed by atoms with Crippen LogP contribution in [0.1, 0.15) is 30.5 Å². The summed E-state index contributed by atoms with van der Waals surface area (Å²) in [5, 5.41) is 22.4. The van der Waals surface area contributed by atoms with Crippen LogP contribution in [0.15, 0.2) is 48.8 Å². The van der Waals surface area contributed by atoms with Gasteiger partial charge < -0.3 is 25.0 Å². The number of likely N-dealkylation sites (tertiary alicyclic amines) is 1. The predicted octanol–water partition coefficient (Wildman–Crippen LogP) is 2.30. The molecule has 2 N–H and O–H groups in total. The molecule has 3 heterocycles. The molecule has 0 bridgehead atoms. The van der Waals surface area contributed by atoms with Crippen LogP contribution in [0.5, 0.6) is 5.75 Å². The lowest BCUT2D eigenvalue weighted by molar-refractivity contribution is -0.143. The monoisotopic (exact) mass is 588 g/mol. The molecule has 12 nitrogen and oxygen atoms in total. The predicted molar refractivity (Wildman–Crippen MR) is 155 cm³/mol. The number of rotatable bonds is 7. The first-order valence-corrected chi connectivity index (χ1v) is 14.0. The number of ether oxygens (including phenoxy) is 1. The summed E-state index contributed by atoms with van der Waals surface area (Å²) < 4.78 is 20.7. The molecule has 0 radical (unpaired) electrons. The second-order valence-corrected chi connectivity index (χ2v) is 10.8. The van der Waals surface area contributed by atoms with E-state index in [0.29, 0.717) is 23.9 Å². The minimum Gasteiger partial charge on any atom is -0.486 e. The van der Waals surface area contributed by atoms with Gasteiger partial charge in [-0.2, -0.15) is 10.2 Å². The van der Waals surface area contributed by atoms with Gasteiger partial charge in [-0.3, -0.25) is 14.5 Å². The van der Waals surface area contributed by atoms with E-state index < -0.39 is 24.3 Å². The normalized spacial score (nSPS) is 21.7. The molecule has 1 aromatic heterocycles. The van der Waals surface area contributed by atoms with Gasteiger partial charge in [0.05, 0.1) is 12.1 Å². The Morgan fingerprint density at radius 3 is 2.63 bits per heavy atom. The molecule has 0 aliphatic carbocycles. The zero-order valence-corrected chi connectivity index (χ0v) is 24.1. The minimum absolute atomic E-state index is 0.0591. The van der Waals surface area contributed by atoms with E-state index in [0.717, 1.165) is 17.8 Å². The maximum Gasteiger partial charge on any atom is 0.251 e. The number of nitrogens with one attached hydrogen (secondary N) is 1. The number of likely N-dealkylation sites (N-methyl/N-ethyl adjacent to an activating group) is 2. The van der Waals surface area contributed by atoms with E-state index in [4.69, 9.17) is 4.74 Å². The number of benzene rings is 2. The molecule has 13 heteroatoms. The van der Waals surface area contributed by atoms with Crippen molar-refractivity contribution in [3.63, 3.8) is 0 Å². The zero-order chi connectivity index (χ0) is 30.7. The fraction of sp³-hybridized carbons (Fsp3) is 0.400. The summed E-state index contributed by atoms with van der Waals surface area (Å²) >= 11 is 0. The molecule has 43 heavy (non-hydrogen) atoms. The standard InChI is InChI=1S/C30H33FN8O4/c1-18(40)28(41)39-11-10-25(23(31)16-39)43-24-9-6-20(14-21(24)15-32)27-33-17-34-30(36-27)35-22-7-4-19(5-8-22)26-29(42)38(3)13-12-37(26)2/h4-9,14,17-18,23,25-26,40H,10-13,16H2,1-3H3,(H,33,34,35,36)/t18?,23-,25+,26-/m1/s1. The Morgan fingerprint density at radius 1 is 1.16 bits per heavy atom. The molecule has 2 aliphatic rings. The second kappa shape index (κ2) is 12.7. The first-order chi connectivity index (χ1) is 20.6. The number of hydrogen-bond donors (Lipinski definition) is 2. The summed E-state index contributed by atoms with van der Waals surface area (Å²) in [6.45, 7) is 2.90. The Labute approximate surface area is 248 Å². The van der Waals surface area contributed by atoms with Crippen molar-refractivity contribution in [1.82, 2.24) is 29.7 Å². The first kappa shape index (κ1) is 29.8. The molecule has 1 unspecified atom stereocenters. The number of anilines is 2. The third-order valence-electron chi connectivity index (χ3n) is 7.68. The van der Waals surface area contributed by atoms with E-state index >= 15 is 0 Å². The number of aliphatic hydroxyl groups is 1. The molecular formula is C30H33FN8O4. The maximum absolute atomic E-state index is 14.8. The van der Waals surface area contributed by atoms with Crippen LogP contribution in [0, 0.1) is 11.3 Å². The zero-order valence-electron chi connectivity index (χ0n) is 24.1. The average Bonchev–Trinajstić information content (AvgIpc) is 3.01. The number of aliphatic hydroxyl groups excluding tert-OH is 1. The van der Waals surface area contributed by atoms with Gasteiger partial charge in [-0.25, -0.2) is 14.4 Å². The summed E-state index contributed by atoms with van der Waals surface area (Å²) in [6.07, 6.45) is -1.93. The Bertz CT molecular complexity index is 1530. The molecule has 0 spiro atoms. The number of aromatic nitrogens is 3. The van der Waals surface area contributed by atoms with Gasteiger partial charge in [0, 0.05) is 44.4 Å². The number of halogens is 1. The van der Waals surface area contributed by atoms with Crippen LogP contribution in [0.4, 0.5) is 16.0 Å². The number of nitrogens with zero attached hydrogens (tertiary/aromatic N) is 7. The number of amides is 2. The van der Waals surface area contributed by atoms with E-state index in [9.17, 15) is 24.3 Å². The van der Waals surface area contributed by atoms with E-state index in [-0.39, 0.29) is 42.8 Å². The number of carbonyl (C=O) groups is 2. The highest BCUT2D eigenvalue weighted by Gasteiger charge is 2.35. The van der Waals surface area contributed by atoms with Crippen molar-refractivity contribution < 1.29 is 23.8 Å². The maximum atomic E-state index is 14.8. The highest BCUT2D eigenvalue weighted by atomic mass is 19.1. The quantitative estimate of drug-likeness (QED) is 0.421. The van der Waals surface area contributed by atoms with Crippen LogP contribution in [0.25, 0.3) is 11.4 Å². The SMILES string of the molecule is CC(O)C(=O)N1CC[C@H](Oc2ccc(-c3ncnc(Nc4ccc([C@@H]5C(=O)N(C)CCN5C)cc4)n3)cc2C#N)[C@H](F)C1. The number of nitriles is 1. The fourth-order valence-corrected chi connectivity index (χ4v) is 5.22. The average molecular weight is 589 g/mol. The number of piperazine rings is 1. The van der Waals surface area contributed by atoms with Crippen LogP contribution < -0.4 is 10.1 Å². The van der Waals surface area contributed by atoms with Gasteiger partial charge in [0.2, 0.25) is 11.9 Å². The smallest absolute Gasteiger partial charge is 0.251 e. The van der Waals surface area contributed by atoms with Crippen LogP contribution >= 0.6 is 0 Å². The summed E-state index contributed by atoms with van der Waals surface area (Å²) in [6, 6.07) is 14.1. The lowest BCUT2D eigenvalue weighted by atomic mass is 10.0. The molecule has 3 aromatic rings. The van der Waals surface area contributed by atoms with Crippen LogP contribution in [0.3, 0.4) is 0 Å². The van der Waals surface area contributed by atoms with Gasteiger partial charge >= 0.3 is 0 Å². The third-order valence-corrected chi connectivity index (χ3v) is 7.68. The topological polar surface area (TPSA) is 148 Å². The molecule has 2 aliphatic heterocycles. The number of hydrogen-bond acceptors (Lipinski definition) is 10. The lowest BCUT2D eigenvalue weighted by Gasteiger charge is -2.37. The second-order valence-electron chi connectivity index (χ2n) is 10.8. The molecule has 2 amide bonds. The molecule has 224 valence electrons. The van der Waals surface area contributed by atoms with E-state index in [2.05, 4.69) is 26.3 Å². The summed E-state index contributed by atoms with van der Waals surface area (Å²) in [5.41, 5.74) is 2.35. The van der Waals surface area contributed by atoms with Crippen molar-refractivity contribution in [2.24, 2.45) is 0 Å². The Morgan fingerprint density at radius 2 is 1.93 bits per heavy atom. The van der Waals surface area contributed by atoms with Crippen molar-refractivity contribution in [2.45, 2.75) is 37.8 Å². The van der Waals surface area contributed by atoms with Gasteiger partial charge in [0.15, 0.2) is 12.0 Å². The molecular weight excluding hydrogens is 555 g/mol. The summed E-state index contributed by atoms with van der Waals surface area (Å²) in [5.74, 6) is 0.367. The number of carbonyl (C=O) groups excluding carboxylic acids is 2. The number of piperidine rings is 1. The molecule has 2 fully saturated rings. The van der Waals surface area contributed by atoms with Gasteiger partial charge in [-0.05, 0) is 49.9 Å². The highest BCUT2D eigenvalue weighted by molar-refractivity contribution is 5.84.